The van der Waals surface area contributed by atoms with E-state index in [1.807, 2.05) is 16.8 Å². The number of hydrogen-bond donors (Lipinski definition) is 1. The van der Waals surface area contributed by atoms with Crippen molar-refractivity contribution in [1.82, 2.24) is 5.32 Å². The predicted octanol–water partition coefficient (Wildman–Crippen LogP) is 4.18. The Balaban J connectivity index is 1.78. The first-order valence-electron chi connectivity index (χ1n) is 6.94. The van der Waals surface area contributed by atoms with Gasteiger partial charge in [0.25, 0.3) is 5.91 Å². The van der Waals surface area contributed by atoms with E-state index in [1.54, 1.807) is 18.4 Å². The number of nitrogens with one attached hydrogen (secondary N) is 1. The van der Waals surface area contributed by atoms with Gasteiger partial charge < -0.3 is 9.73 Å². The number of benzene rings is 1. The monoisotopic (exact) mass is 333 g/mol. The Hall–Kier alpha value is -2.47. The average molecular weight is 333 g/mol. The van der Waals surface area contributed by atoms with Gasteiger partial charge in [-0.3, -0.25) is 4.79 Å². The molecule has 0 fully saturated rings. The molecule has 0 aliphatic carbocycles. The highest BCUT2D eigenvalue weighted by molar-refractivity contribution is 7.08. The molecule has 0 saturated heterocycles. The van der Waals surface area contributed by atoms with E-state index in [-0.39, 0.29) is 12.5 Å². The zero-order valence-electron chi connectivity index (χ0n) is 12.0. The molecule has 1 unspecified atom stereocenters. The Bertz CT molecular complexity index is 731. The van der Waals surface area contributed by atoms with Gasteiger partial charge in [0.1, 0.15) is 23.0 Å². The zero-order valence-corrected chi connectivity index (χ0v) is 12.8. The van der Waals surface area contributed by atoms with Gasteiger partial charge in [-0.2, -0.15) is 11.3 Å². The quantitative estimate of drug-likeness (QED) is 0.761. The first-order chi connectivity index (χ1) is 11.2. The molecule has 0 saturated carbocycles. The van der Waals surface area contributed by atoms with Crippen molar-refractivity contribution < 1.29 is 18.0 Å². The number of rotatable bonds is 5. The average Bonchev–Trinajstić information content (AvgIpc) is 3.21. The highest BCUT2D eigenvalue weighted by Gasteiger charge is 2.21. The van der Waals surface area contributed by atoms with Crippen LogP contribution in [-0.2, 0) is 0 Å². The van der Waals surface area contributed by atoms with Crippen molar-refractivity contribution in [1.29, 1.82) is 0 Å². The van der Waals surface area contributed by atoms with E-state index in [0.717, 1.165) is 17.7 Å². The fraction of sp³-hybridized carbons (Fsp3) is 0.118. The highest BCUT2D eigenvalue weighted by atomic mass is 32.1. The summed E-state index contributed by atoms with van der Waals surface area (Å²) in [4.78, 5) is 12.1. The van der Waals surface area contributed by atoms with Crippen molar-refractivity contribution >= 4 is 17.2 Å². The van der Waals surface area contributed by atoms with Crippen LogP contribution in [0.4, 0.5) is 8.78 Å². The molecule has 1 amide bonds. The van der Waals surface area contributed by atoms with E-state index < -0.39 is 23.1 Å². The highest BCUT2D eigenvalue weighted by Crippen LogP contribution is 2.26. The fourth-order valence-electron chi connectivity index (χ4n) is 2.34. The third-order valence-electron chi connectivity index (χ3n) is 3.49. The molecular formula is C17H13F2NO2S. The van der Waals surface area contributed by atoms with Crippen molar-refractivity contribution in [3.05, 3.63) is 81.9 Å². The van der Waals surface area contributed by atoms with Gasteiger partial charge in [0.05, 0.1) is 12.2 Å². The third-order valence-corrected chi connectivity index (χ3v) is 4.19. The van der Waals surface area contributed by atoms with Crippen LogP contribution in [-0.4, -0.2) is 12.5 Å². The molecule has 0 spiro atoms. The summed E-state index contributed by atoms with van der Waals surface area (Å²) in [5, 5.41) is 6.45. The Morgan fingerprint density at radius 1 is 1.17 bits per heavy atom. The van der Waals surface area contributed by atoms with E-state index in [9.17, 15) is 13.6 Å². The molecule has 2 heterocycles. The largest absolute Gasteiger partial charge is 0.469 e. The lowest BCUT2D eigenvalue weighted by molar-refractivity contribution is 0.0943. The smallest absolute Gasteiger partial charge is 0.257 e. The van der Waals surface area contributed by atoms with Gasteiger partial charge in [-0.25, -0.2) is 8.78 Å². The van der Waals surface area contributed by atoms with Crippen LogP contribution in [0.3, 0.4) is 0 Å². The summed E-state index contributed by atoms with van der Waals surface area (Å²) in [6.45, 7) is 0.177. The van der Waals surface area contributed by atoms with Crippen LogP contribution in [0.25, 0.3) is 0 Å². The van der Waals surface area contributed by atoms with E-state index in [2.05, 4.69) is 5.32 Å². The molecule has 3 rings (SSSR count). The van der Waals surface area contributed by atoms with Crippen molar-refractivity contribution in [3.63, 3.8) is 0 Å². The maximum atomic E-state index is 13.7. The fourth-order valence-corrected chi connectivity index (χ4v) is 3.06. The van der Waals surface area contributed by atoms with Crippen molar-refractivity contribution in [3.8, 4) is 0 Å². The molecule has 0 bridgehead atoms. The number of halogens is 2. The number of amides is 1. The lowest BCUT2D eigenvalue weighted by atomic mass is 9.99. The molecule has 0 aliphatic heterocycles. The van der Waals surface area contributed by atoms with Crippen LogP contribution >= 0.6 is 11.3 Å². The van der Waals surface area contributed by atoms with Crippen LogP contribution in [0, 0.1) is 11.6 Å². The summed E-state index contributed by atoms with van der Waals surface area (Å²) in [6.07, 6.45) is 1.55. The molecule has 1 N–H and O–H groups in total. The molecule has 1 atom stereocenters. The minimum Gasteiger partial charge on any atom is -0.469 e. The van der Waals surface area contributed by atoms with Crippen LogP contribution in [0.5, 0.6) is 0 Å². The van der Waals surface area contributed by atoms with E-state index >= 15 is 0 Å². The van der Waals surface area contributed by atoms with Crippen LogP contribution in [0.15, 0.2) is 57.8 Å². The summed E-state index contributed by atoms with van der Waals surface area (Å²) in [6, 6.07) is 8.82. The van der Waals surface area contributed by atoms with E-state index in [4.69, 9.17) is 4.42 Å². The normalized spacial score (nSPS) is 12.1. The molecule has 2 aromatic heterocycles. The van der Waals surface area contributed by atoms with Gasteiger partial charge in [-0.1, -0.05) is 6.07 Å². The Kier molecular flexibility index (Phi) is 4.52. The van der Waals surface area contributed by atoms with Crippen LogP contribution in [0.1, 0.15) is 27.6 Å². The SMILES string of the molecule is O=C(NCC(c1ccsc1)c1ccco1)c1c(F)cccc1F. The number of carbonyl (C=O) groups excluding carboxylic acids is 1. The number of carbonyl (C=O) groups is 1. The summed E-state index contributed by atoms with van der Waals surface area (Å²) in [5.74, 6) is -2.08. The summed E-state index contributed by atoms with van der Waals surface area (Å²) < 4.78 is 32.7. The third kappa shape index (κ3) is 3.32. The van der Waals surface area contributed by atoms with Crippen molar-refractivity contribution in [2.75, 3.05) is 6.54 Å². The van der Waals surface area contributed by atoms with Crippen molar-refractivity contribution in [2.24, 2.45) is 0 Å². The van der Waals surface area contributed by atoms with Gasteiger partial charge in [0.2, 0.25) is 0 Å². The second-order valence-corrected chi connectivity index (χ2v) is 5.71. The number of hydrogen-bond acceptors (Lipinski definition) is 3. The zero-order chi connectivity index (χ0) is 16.2. The first-order valence-corrected chi connectivity index (χ1v) is 7.89. The van der Waals surface area contributed by atoms with E-state index in [0.29, 0.717) is 5.76 Å². The van der Waals surface area contributed by atoms with Crippen LogP contribution < -0.4 is 5.32 Å². The minimum absolute atomic E-state index is 0.177. The minimum atomic E-state index is -0.882. The summed E-state index contributed by atoms with van der Waals surface area (Å²) in [7, 11) is 0. The van der Waals surface area contributed by atoms with Gasteiger partial charge in [0.15, 0.2) is 0 Å². The van der Waals surface area contributed by atoms with Gasteiger partial charge >= 0.3 is 0 Å². The number of furan rings is 1. The van der Waals surface area contributed by atoms with E-state index in [1.165, 1.54) is 17.4 Å². The lowest BCUT2D eigenvalue weighted by Gasteiger charge is -2.15. The molecular weight excluding hydrogens is 320 g/mol. The summed E-state index contributed by atoms with van der Waals surface area (Å²) in [5.41, 5.74) is 0.398. The predicted molar refractivity (Wildman–Crippen MR) is 83.6 cm³/mol. The standard InChI is InChI=1S/C17H13F2NO2S/c18-13-3-1-4-14(19)16(13)17(21)20-9-12(11-6-8-23-10-11)15-5-2-7-22-15/h1-8,10,12H,9H2,(H,20,21). The van der Waals surface area contributed by atoms with Gasteiger partial charge in [-0.15, -0.1) is 0 Å². The molecule has 3 nitrogen and oxygen atoms in total. The van der Waals surface area contributed by atoms with Crippen LogP contribution in [0.2, 0.25) is 0 Å². The lowest BCUT2D eigenvalue weighted by Crippen LogP contribution is -2.30. The number of thiophene rings is 1. The molecule has 118 valence electrons. The Morgan fingerprint density at radius 3 is 2.57 bits per heavy atom. The first kappa shape index (κ1) is 15.4. The molecule has 3 aromatic rings. The maximum absolute atomic E-state index is 13.7. The molecule has 0 aliphatic rings. The second kappa shape index (κ2) is 6.75. The van der Waals surface area contributed by atoms with Gasteiger partial charge in [0, 0.05) is 6.54 Å². The Labute approximate surface area is 135 Å². The van der Waals surface area contributed by atoms with Gasteiger partial charge in [-0.05, 0) is 46.7 Å². The molecule has 6 heteroatoms. The second-order valence-electron chi connectivity index (χ2n) is 4.93. The molecule has 1 aromatic carbocycles. The maximum Gasteiger partial charge on any atom is 0.257 e. The Morgan fingerprint density at radius 2 is 1.96 bits per heavy atom. The van der Waals surface area contributed by atoms with Crippen molar-refractivity contribution in [2.45, 2.75) is 5.92 Å². The molecule has 0 radical (unpaired) electrons. The summed E-state index contributed by atoms with van der Waals surface area (Å²) >= 11 is 1.53. The molecule has 23 heavy (non-hydrogen) atoms. The topological polar surface area (TPSA) is 42.2 Å².